The van der Waals surface area contributed by atoms with Crippen LogP contribution in [-0.2, 0) is 30.7 Å². The van der Waals surface area contributed by atoms with Crippen LogP contribution in [-0.4, -0.2) is 22.2 Å². The third-order valence-corrected chi connectivity index (χ3v) is 1.55. The summed E-state index contributed by atoms with van der Waals surface area (Å²) in [6.07, 6.45) is 0.185. The van der Waals surface area contributed by atoms with Crippen LogP contribution in [0.1, 0.15) is 20.3 Å². The van der Waals surface area contributed by atoms with Crippen molar-refractivity contribution in [2.75, 3.05) is 0 Å². The van der Waals surface area contributed by atoms with Gasteiger partial charge in [0.2, 0.25) is 0 Å². The number of hydrogen-bond acceptors (Lipinski definition) is 2. The van der Waals surface area contributed by atoms with Gasteiger partial charge in [0.15, 0.2) is 0 Å². The predicted octanol–water partition coefficient (Wildman–Crippen LogP) is 1.27. The van der Waals surface area contributed by atoms with E-state index in [1.807, 2.05) is 0 Å². The number of rotatable bonds is 4. The normalized spacial score (nSPS) is 13.1. The van der Waals surface area contributed by atoms with Crippen molar-refractivity contribution in [3.05, 3.63) is 7.43 Å². The van der Waals surface area contributed by atoms with E-state index < -0.39 is 23.8 Å². The molecule has 0 aliphatic carbocycles. The number of hydrogen-bond donors (Lipinski definition) is 2. The molecule has 2 N–H and O–H groups in total. The van der Waals surface area contributed by atoms with Gasteiger partial charge < -0.3 is 17.6 Å². The van der Waals surface area contributed by atoms with E-state index in [4.69, 9.17) is 10.2 Å². The predicted molar refractivity (Wildman–Crippen MR) is 44.6 cm³/mol. The van der Waals surface area contributed by atoms with E-state index in [1.165, 1.54) is 13.8 Å². The van der Waals surface area contributed by atoms with Crippen LogP contribution in [0.4, 0.5) is 0 Å². The van der Waals surface area contributed by atoms with Crippen molar-refractivity contribution in [3.63, 3.8) is 0 Å². The maximum atomic E-state index is 10.3. The smallest absolute Gasteiger partial charge is 0.306 e. The molecule has 13 heavy (non-hydrogen) atoms. The summed E-state index contributed by atoms with van der Waals surface area (Å²) in [7, 11) is 0. The SMILES string of the molecule is CC(CC(C)C(=O)O)C(=O)O.[CH3-].[W]. The fourth-order valence-corrected chi connectivity index (χ4v) is 0.732. The van der Waals surface area contributed by atoms with E-state index in [9.17, 15) is 9.59 Å². The summed E-state index contributed by atoms with van der Waals surface area (Å²) in [5.41, 5.74) is 0. The molecular formula is C8H15O4W-. The van der Waals surface area contributed by atoms with E-state index in [2.05, 4.69) is 0 Å². The first-order valence-electron chi connectivity index (χ1n) is 3.40. The van der Waals surface area contributed by atoms with Crippen molar-refractivity contribution in [3.8, 4) is 0 Å². The van der Waals surface area contributed by atoms with Gasteiger partial charge in [-0.1, -0.05) is 13.8 Å². The molecule has 0 amide bonds. The summed E-state index contributed by atoms with van der Waals surface area (Å²) in [6, 6.07) is 0. The fourth-order valence-electron chi connectivity index (χ4n) is 0.732. The molecule has 0 aromatic carbocycles. The van der Waals surface area contributed by atoms with Gasteiger partial charge in [0, 0.05) is 21.1 Å². The summed E-state index contributed by atoms with van der Waals surface area (Å²) >= 11 is 0. The van der Waals surface area contributed by atoms with E-state index in [0.29, 0.717) is 0 Å². The molecule has 0 radical (unpaired) electrons. The van der Waals surface area contributed by atoms with Crippen molar-refractivity contribution >= 4 is 11.9 Å². The van der Waals surface area contributed by atoms with Crippen molar-refractivity contribution in [1.82, 2.24) is 0 Å². The van der Waals surface area contributed by atoms with Crippen molar-refractivity contribution in [1.29, 1.82) is 0 Å². The molecule has 0 fully saturated rings. The average Bonchev–Trinajstić information content (AvgIpc) is 1.87. The monoisotopic (exact) mass is 359 g/mol. The summed E-state index contributed by atoms with van der Waals surface area (Å²) in [6.45, 7) is 3.00. The maximum absolute atomic E-state index is 10.3. The number of carboxylic acids is 2. The molecule has 0 aromatic rings. The molecule has 0 aliphatic heterocycles. The second-order valence-electron chi connectivity index (χ2n) is 2.71. The molecule has 2 atom stereocenters. The molecule has 0 spiro atoms. The van der Waals surface area contributed by atoms with Crippen LogP contribution in [0.15, 0.2) is 0 Å². The first-order valence-corrected chi connectivity index (χ1v) is 3.40. The van der Waals surface area contributed by atoms with Crippen LogP contribution < -0.4 is 0 Å². The molecule has 0 aliphatic rings. The van der Waals surface area contributed by atoms with E-state index in [0.717, 1.165) is 0 Å². The minimum absolute atomic E-state index is 0. The van der Waals surface area contributed by atoms with Gasteiger partial charge in [-0.3, -0.25) is 9.59 Å². The maximum Gasteiger partial charge on any atom is 0.306 e. The zero-order chi connectivity index (χ0) is 9.02. The third kappa shape index (κ3) is 7.97. The van der Waals surface area contributed by atoms with Gasteiger partial charge in [-0.25, -0.2) is 0 Å². The molecule has 0 saturated carbocycles. The quantitative estimate of drug-likeness (QED) is 0.742. The second-order valence-corrected chi connectivity index (χ2v) is 2.71. The van der Waals surface area contributed by atoms with Crippen LogP contribution in [0.3, 0.4) is 0 Å². The summed E-state index contributed by atoms with van der Waals surface area (Å²) in [5, 5.41) is 16.8. The topological polar surface area (TPSA) is 74.6 Å². The molecule has 0 aromatic heterocycles. The molecule has 0 bridgehead atoms. The molecule has 0 saturated heterocycles. The van der Waals surface area contributed by atoms with E-state index >= 15 is 0 Å². The fraction of sp³-hybridized carbons (Fsp3) is 0.625. The number of carbonyl (C=O) groups is 2. The van der Waals surface area contributed by atoms with Crippen LogP contribution in [0.5, 0.6) is 0 Å². The van der Waals surface area contributed by atoms with Crippen molar-refractivity contribution < 1.29 is 40.9 Å². The van der Waals surface area contributed by atoms with Gasteiger partial charge in [0.25, 0.3) is 0 Å². The number of carboxylic acid groups (broad SMARTS) is 2. The Morgan fingerprint density at radius 3 is 1.46 bits per heavy atom. The van der Waals surface area contributed by atoms with Gasteiger partial charge in [-0.05, 0) is 6.42 Å². The third-order valence-electron chi connectivity index (χ3n) is 1.55. The minimum Gasteiger partial charge on any atom is -0.481 e. The van der Waals surface area contributed by atoms with Gasteiger partial charge in [0.1, 0.15) is 0 Å². The average molecular weight is 359 g/mol. The Balaban J connectivity index is -0.000000500. The minimum atomic E-state index is -0.946. The molecule has 2 unspecified atom stereocenters. The van der Waals surface area contributed by atoms with Gasteiger partial charge in [0.05, 0.1) is 11.8 Å². The summed E-state index contributed by atoms with van der Waals surface area (Å²) < 4.78 is 0. The second kappa shape index (κ2) is 8.24. The Labute approximate surface area is 92.6 Å². The van der Waals surface area contributed by atoms with Gasteiger partial charge in [-0.2, -0.15) is 0 Å². The number of aliphatic carboxylic acids is 2. The van der Waals surface area contributed by atoms with Crippen LogP contribution in [0.2, 0.25) is 0 Å². The first-order chi connectivity index (χ1) is 4.95. The molecule has 4 nitrogen and oxygen atoms in total. The molecule has 78 valence electrons. The Hall–Kier alpha value is -0.372. The Kier molecular flexibility index (Phi) is 11.7. The Morgan fingerprint density at radius 2 is 1.31 bits per heavy atom. The largest absolute Gasteiger partial charge is 0.481 e. The van der Waals surface area contributed by atoms with Crippen LogP contribution >= 0.6 is 0 Å². The van der Waals surface area contributed by atoms with Crippen LogP contribution in [0.25, 0.3) is 0 Å². The summed E-state index contributed by atoms with van der Waals surface area (Å²) in [4.78, 5) is 20.5. The molecule has 0 heterocycles. The van der Waals surface area contributed by atoms with Crippen molar-refractivity contribution in [2.45, 2.75) is 20.3 Å². The van der Waals surface area contributed by atoms with E-state index in [1.54, 1.807) is 0 Å². The van der Waals surface area contributed by atoms with Crippen molar-refractivity contribution in [2.24, 2.45) is 11.8 Å². The van der Waals surface area contributed by atoms with Gasteiger partial charge >= 0.3 is 11.9 Å². The van der Waals surface area contributed by atoms with Crippen LogP contribution in [0, 0.1) is 19.3 Å². The zero-order valence-electron chi connectivity index (χ0n) is 7.98. The Morgan fingerprint density at radius 1 is 1.08 bits per heavy atom. The molecular weight excluding hydrogens is 344 g/mol. The standard InChI is InChI=1S/C7H12O4.CH3.W/c1-4(6(8)9)3-5(2)7(10)11;;/h4-5H,3H2,1-2H3,(H,8,9)(H,10,11);1H3;/q;-1;. The van der Waals surface area contributed by atoms with E-state index in [-0.39, 0.29) is 34.9 Å². The molecule has 0 rings (SSSR count). The first kappa shape index (κ1) is 18.4. The summed E-state index contributed by atoms with van der Waals surface area (Å²) in [5.74, 6) is -3.06. The van der Waals surface area contributed by atoms with Gasteiger partial charge in [-0.15, -0.1) is 0 Å². The zero-order valence-corrected chi connectivity index (χ0v) is 10.9. The Bertz CT molecular complexity index is 152. The molecule has 5 heteroatoms.